The largest absolute Gasteiger partial charge is 0.378 e. The molecule has 1 fully saturated rings. The molecule has 1 heterocycles. The van der Waals surface area contributed by atoms with Crippen molar-refractivity contribution in [2.24, 2.45) is 0 Å². The third-order valence-electron chi connectivity index (χ3n) is 2.96. The van der Waals surface area contributed by atoms with Gasteiger partial charge in [0.2, 0.25) is 0 Å². The van der Waals surface area contributed by atoms with Gasteiger partial charge < -0.3 is 10.1 Å². The van der Waals surface area contributed by atoms with E-state index >= 15 is 0 Å². The van der Waals surface area contributed by atoms with Crippen LogP contribution in [0.5, 0.6) is 0 Å². The highest BCUT2D eigenvalue weighted by molar-refractivity contribution is 4.78. The zero-order valence-electron chi connectivity index (χ0n) is 9.18. The standard InChI is InChI=1S/C11H23NO/c1-4-9(3)12-10-6-7-13-11(5-2)8-10/h9-12H,4-8H2,1-3H3. The van der Waals surface area contributed by atoms with E-state index in [0.29, 0.717) is 18.2 Å². The van der Waals surface area contributed by atoms with Crippen LogP contribution in [0.4, 0.5) is 0 Å². The van der Waals surface area contributed by atoms with Crippen molar-refractivity contribution in [1.82, 2.24) is 5.32 Å². The maximum absolute atomic E-state index is 5.63. The van der Waals surface area contributed by atoms with E-state index in [-0.39, 0.29) is 0 Å². The summed E-state index contributed by atoms with van der Waals surface area (Å²) in [6.45, 7) is 7.63. The van der Waals surface area contributed by atoms with Gasteiger partial charge in [0.1, 0.15) is 0 Å². The van der Waals surface area contributed by atoms with Crippen LogP contribution in [0.3, 0.4) is 0 Å². The van der Waals surface area contributed by atoms with Crippen molar-refractivity contribution in [3.05, 3.63) is 0 Å². The van der Waals surface area contributed by atoms with Gasteiger partial charge in [-0.3, -0.25) is 0 Å². The summed E-state index contributed by atoms with van der Waals surface area (Å²) in [5.74, 6) is 0. The molecule has 1 N–H and O–H groups in total. The molecule has 1 saturated heterocycles. The molecule has 2 nitrogen and oxygen atoms in total. The molecule has 0 amide bonds. The molecule has 0 radical (unpaired) electrons. The molecule has 0 saturated carbocycles. The quantitative estimate of drug-likeness (QED) is 0.726. The van der Waals surface area contributed by atoms with Gasteiger partial charge in [-0.25, -0.2) is 0 Å². The van der Waals surface area contributed by atoms with Crippen LogP contribution in [0.15, 0.2) is 0 Å². The van der Waals surface area contributed by atoms with Gasteiger partial charge >= 0.3 is 0 Å². The summed E-state index contributed by atoms with van der Waals surface area (Å²) in [6.07, 6.45) is 5.24. The first-order valence-corrected chi connectivity index (χ1v) is 5.63. The summed E-state index contributed by atoms with van der Waals surface area (Å²) in [4.78, 5) is 0. The lowest BCUT2D eigenvalue weighted by atomic mass is 10.0. The molecule has 78 valence electrons. The Kier molecular flexibility index (Phi) is 4.74. The van der Waals surface area contributed by atoms with E-state index < -0.39 is 0 Å². The molecular formula is C11H23NO. The highest BCUT2D eigenvalue weighted by Gasteiger charge is 2.21. The molecule has 0 aromatic carbocycles. The lowest BCUT2D eigenvalue weighted by Crippen LogP contribution is -2.42. The molecule has 3 unspecified atom stereocenters. The van der Waals surface area contributed by atoms with Crippen LogP contribution < -0.4 is 5.32 Å². The number of hydrogen-bond donors (Lipinski definition) is 1. The summed E-state index contributed by atoms with van der Waals surface area (Å²) >= 11 is 0. The smallest absolute Gasteiger partial charge is 0.0587 e. The molecule has 0 aromatic heterocycles. The average molecular weight is 185 g/mol. The van der Waals surface area contributed by atoms with E-state index in [1.807, 2.05) is 0 Å². The minimum atomic E-state index is 0.496. The van der Waals surface area contributed by atoms with E-state index in [0.717, 1.165) is 13.0 Å². The van der Waals surface area contributed by atoms with Gasteiger partial charge in [-0.2, -0.15) is 0 Å². The SMILES string of the molecule is CCC(C)NC1CCOC(CC)C1. The lowest BCUT2D eigenvalue weighted by Gasteiger charge is -2.31. The Labute approximate surface area is 82.0 Å². The predicted molar refractivity (Wildman–Crippen MR) is 55.9 cm³/mol. The topological polar surface area (TPSA) is 21.3 Å². The number of nitrogens with one attached hydrogen (secondary N) is 1. The van der Waals surface area contributed by atoms with Gasteiger partial charge in [-0.15, -0.1) is 0 Å². The maximum atomic E-state index is 5.63. The fourth-order valence-corrected chi connectivity index (χ4v) is 1.84. The second kappa shape index (κ2) is 5.61. The Bertz CT molecular complexity index is 136. The second-order valence-corrected chi connectivity index (χ2v) is 4.10. The van der Waals surface area contributed by atoms with Crippen molar-refractivity contribution in [2.45, 2.75) is 64.6 Å². The molecule has 1 rings (SSSR count). The highest BCUT2D eigenvalue weighted by atomic mass is 16.5. The average Bonchev–Trinajstić information content (AvgIpc) is 2.18. The Morgan fingerprint density at radius 3 is 2.85 bits per heavy atom. The van der Waals surface area contributed by atoms with E-state index in [1.165, 1.54) is 19.3 Å². The fourth-order valence-electron chi connectivity index (χ4n) is 1.84. The zero-order valence-corrected chi connectivity index (χ0v) is 9.18. The van der Waals surface area contributed by atoms with Crippen LogP contribution in [0.2, 0.25) is 0 Å². The van der Waals surface area contributed by atoms with Crippen LogP contribution in [-0.2, 0) is 4.74 Å². The summed E-state index contributed by atoms with van der Waals surface area (Å²) < 4.78 is 5.63. The number of rotatable bonds is 4. The zero-order chi connectivity index (χ0) is 9.68. The molecule has 1 aliphatic rings. The first kappa shape index (κ1) is 11.0. The van der Waals surface area contributed by atoms with Crippen LogP contribution in [0, 0.1) is 0 Å². The third kappa shape index (κ3) is 3.65. The van der Waals surface area contributed by atoms with E-state index in [9.17, 15) is 0 Å². The van der Waals surface area contributed by atoms with E-state index in [4.69, 9.17) is 4.74 Å². The maximum Gasteiger partial charge on any atom is 0.0587 e. The van der Waals surface area contributed by atoms with Gasteiger partial charge in [0.05, 0.1) is 6.10 Å². The van der Waals surface area contributed by atoms with Crippen molar-refractivity contribution in [1.29, 1.82) is 0 Å². The normalized spacial score (nSPS) is 31.6. The minimum Gasteiger partial charge on any atom is -0.378 e. The van der Waals surface area contributed by atoms with Gasteiger partial charge in [0.25, 0.3) is 0 Å². The monoisotopic (exact) mass is 185 g/mol. The van der Waals surface area contributed by atoms with E-state index in [1.54, 1.807) is 0 Å². The van der Waals surface area contributed by atoms with Crippen molar-refractivity contribution in [2.75, 3.05) is 6.61 Å². The van der Waals surface area contributed by atoms with Gasteiger partial charge in [-0.05, 0) is 32.6 Å². The Hall–Kier alpha value is -0.0800. The van der Waals surface area contributed by atoms with Gasteiger partial charge in [0.15, 0.2) is 0 Å². The molecule has 0 bridgehead atoms. The first-order valence-electron chi connectivity index (χ1n) is 5.63. The fraction of sp³-hybridized carbons (Fsp3) is 1.00. The summed E-state index contributed by atoms with van der Waals surface area (Å²) in [5.41, 5.74) is 0. The van der Waals surface area contributed by atoms with Crippen LogP contribution >= 0.6 is 0 Å². The molecule has 3 atom stereocenters. The van der Waals surface area contributed by atoms with Crippen LogP contribution in [0.25, 0.3) is 0 Å². The van der Waals surface area contributed by atoms with Gasteiger partial charge in [0, 0.05) is 18.7 Å². The predicted octanol–water partition coefficient (Wildman–Crippen LogP) is 2.33. The van der Waals surface area contributed by atoms with Gasteiger partial charge in [-0.1, -0.05) is 13.8 Å². The Morgan fingerprint density at radius 2 is 2.23 bits per heavy atom. The second-order valence-electron chi connectivity index (χ2n) is 4.10. The number of ether oxygens (including phenoxy) is 1. The Morgan fingerprint density at radius 1 is 1.46 bits per heavy atom. The van der Waals surface area contributed by atoms with E-state index in [2.05, 4.69) is 26.1 Å². The molecule has 0 spiro atoms. The molecule has 13 heavy (non-hydrogen) atoms. The van der Waals surface area contributed by atoms with Crippen LogP contribution in [-0.4, -0.2) is 24.8 Å². The molecular weight excluding hydrogens is 162 g/mol. The highest BCUT2D eigenvalue weighted by Crippen LogP contribution is 2.16. The Balaban J connectivity index is 2.25. The van der Waals surface area contributed by atoms with Crippen molar-refractivity contribution >= 4 is 0 Å². The summed E-state index contributed by atoms with van der Waals surface area (Å²) in [7, 11) is 0. The molecule has 0 aliphatic carbocycles. The van der Waals surface area contributed by atoms with Crippen molar-refractivity contribution in [3.63, 3.8) is 0 Å². The van der Waals surface area contributed by atoms with Crippen LogP contribution in [0.1, 0.15) is 46.5 Å². The summed E-state index contributed by atoms with van der Waals surface area (Å²) in [5, 5.41) is 3.65. The third-order valence-corrected chi connectivity index (χ3v) is 2.96. The number of hydrogen-bond acceptors (Lipinski definition) is 2. The molecule has 1 aliphatic heterocycles. The van der Waals surface area contributed by atoms with Crippen molar-refractivity contribution < 1.29 is 4.74 Å². The van der Waals surface area contributed by atoms with Crippen molar-refractivity contribution in [3.8, 4) is 0 Å². The lowest BCUT2D eigenvalue weighted by molar-refractivity contribution is -0.00165. The summed E-state index contributed by atoms with van der Waals surface area (Å²) in [6, 6.07) is 1.34. The molecule has 2 heteroatoms. The molecule has 0 aromatic rings. The first-order chi connectivity index (χ1) is 6.26. The minimum absolute atomic E-state index is 0.496.